The van der Waals surface area contributed by atoms with Gasteiger partial charge in [0.15, 0.2) is 11.5 Å². The molecule has 0 unspecified atom stereocenters. The predicted octanol–water partition coefficient (Wildman–Crippen LogP) is 3.10. The van der Waals surface area contributed by atoms with Gasteiger partial charge >= 0.3 is 0 Å². The Labute approximate surface area is 126 Å². The molecule has 2 heterocycles. The van der Waals surface area contributed by atoms with Gasteiger partial charge < -0.3 is 24.3 Å². The highest BCUT2D eigenvalue weighted by Gasteiger charge is 2.32. The van der Waals surface area contributed by atoms with E-state index in [4.69, 9.17) is 9.47 Å². The van der Waals surface area contributed by atoms with Gasteiger partial charge in [-0.3, -0.25) is 0 Å². The highest BCUT2D eigenvalue weighted by molar-refractivity contribution is 5.93. The number of phenolic OH excluding ortho intramolecular Hbond substituents is 2. The van der Waals surface area contributed by atoms with Gasteiger partial charge in [-0.05, 0) is 12.1 Å². The Kier molecular flexibility index (Phi) is 2.54. The molecule has 0 radical (unpaired) electrons. The van der Waals surface area contributed by atoms with Crippen LogP contribution in [0.2, 0.25) is 0 Å². The first-order chi connectivity index (χ1) is 10.7. The molecular weight excluding hydrogens is 282 g/mol. The van der Waals surface area contributed by atoms with E-state index < -0.39 is 0 Å². The van der Waals surface area contributed by atoms with Crippen molar-refractivity contribution in [3.05, 3.63) is 35.9 Å². The molecule has 0 saturated carbocycles. The lowest BCUT2D eigenvalue weighted by molar-refractivity contribution is 0.316. The van der Waals surface area contributed by atoms with E-state index in [1.165, 1.54) is 14.2 Å². The highest BCUT2D eigenvalue weighted by Crippen LogP contribution is 2.55. The minimum Gasteiger partial charge on any atom is -0.504 e. The van der Waals surface area contributed by atoms with E-state index in [0.717, 1.165) is 16.6 Å². The molecule has 0 fully saturated rings. The summed E-state index contributed by atoms with van der Waals surface area (Å²) in [5.41, 5.74) is 3.18. The Morgan fingerprint density at radius 2 is 1.68 bits per heavy atom. The number of nitrogens with zero attached hydrogens (tertiary/aromatic N) is 1. The number of hydrogen-bond acceptors (Lipinski definition) is 4. The summed E-state index contributed by atoms with van der Waals surface area (Å²) in [7, 11) is 2.88. The van der Waals surface area contributed by atoms with E-state index in [-0.39, 0.29) is 23.0 Å². The molecule has 4 rings (SSSR count). The van der Waals surface area contributed by atoms with E-state index >= 15 is 0 Å². The number of ether oxygens (including phenoxy) is 2. The van der Waals surface area contributed by atoms with Crippen molar-refractivity contribution >= 4 is 10.9 Å². The normalized spacial score (nSPS) is 12.3. The minimum absolute atomic E-state index is 0.00583. The number of fused-ring (bicyclic) bond motifs is 5. The van der Waals surface area contributed by atoms with Gasteiger partial charge in [0.05, 0.1) is 32.0 Å². The number of aromatic hydroxyl groups is 2. The number of methoxy groups -OCH3 is 2. The SMILES string of the molecule is COc1c(O)c2c(c(O)c1OC)-c1cc3ccccc3n1C2. The highest BCUT2D eigenvalue weighted by atomic mass is 16.5. The lowest BCUT2D eigenvalue weighted by Gasteiger charge is -2.15. The molecule has 22 heavy (non-hydrogen) atoms. The third-order valence-electron chi connectivity index (χ3n) is 4.25. The first-order valence-electron chi connectivity index (χ1n) is 6.94. The Morgan fingerprint density at radius 3 is 2.41 bits per heavy atom. The Bertz CT molecular complexity index is 911. The fraction of sp³-hybridized carbons (Fsp3) is 0.176. The van der Waals surface area contributed by atoms with Crippen molar-refractivity contribution in [1.29, 1.82) is 0 Å². The molecule has 1 aromatic heterocycles. The van der Waals surface area contributed by atoms with Gasteiger partial charge in [0.1, 0.15) is 0 Å². The molecule has 5 heteroatoms. The fourth-order valence-electron chi connectivity index (χ4n) is 3.28. The van der Waals surface area contributed by atoms with Crippen LogP contribution in [0.3, 0.4) is 0 Å². The average molecular weight is 297 g/mol. The molecule has 0 spiro atoms. The van der Waals surface area contributed by atoms with Gasteiger partial charge in [-0.25, -0.2) is 0 Å². The molecule has 3 aromatic rings. The molecule has 112 valence electrons. The zero-order chi connectivity index (χ0) is 15.4. The molecule has 1 aliphatic rings. The summed E-state index contributed by atoms with van der Waals surface area (Å²) in [5.74, 6) is 0.319. The van der Waals surface area contributed by atoms with Gasteiger partial charge in [-0.15, -0.1) is 0 Å². The maximum Gasteiger partial charge on any atom is 0.207 e. The van der Waals surface area contributed by atoms with E-state index in [1.807, 2.05) is 30.3 Å². The van der Waals surface area contributed by atoms with Gasteiger partial charge in [0.2, 0.25) is 11.5 Å². The molecule has 2 aromatic carbocycles. The van der Waals surface area contributed by atoms with Crippen LogP contribution in [0.4, 0.5) is 0 Å². The van der Waals surface area contributed by atoms with Gasteiger partial charge in [-0.2, -0.15) is 0 Å². The van der Waals surface area contributed by atoms with Gasteiger partial charge in [-0.1, -0.05) is 18.2 Å². The van der Waals surface area contributed by atoms with Crippen molar-refractivity contribution in [1.82, 2.24) is 4.57 Å². The Balaban J connectivity index is 2.08. The monoisotopic (exact) mass is 297 g/mol. The predicted molar refractivity (Wildman–Crippen MR) is 82.9 cm³/mol. The molecule has 0 atom stereocenters. The van der Waals surface area contributed by atoms with Gasteiger partial charge in [0, 0.05) is 16.5 Å². The Morgan fingerprint density at radius 1 is 1.00 bits per heavy atom. The third kappa shape index (κ3) is 1.43. The van der Waals surface area contributed by atoms with Crippen molar-refractivity contribution in [3.8, 4) is 34.3 Å². The zero-order valence-corrected chi connectivity index (χ0v) is 12.3. The summed E-state index contributed by atoms with van der Waals surface area (Å²) in [6.45, 7) is 0.484. The largest absolute Gasteiger partial charge is 0.504 e. The quantitative estimate of drug-likeness (QED) is 0.558. The van der Waals surface area contributed by atoms with Crippen molar-refractivity contribution in [2.24, 2.45) is 0 Å². The van der Waals surface area contributed by atoms with Crippen molar-refractivity contribution < 1.29 is 19.7 Å². The topological polar surface area (TPSA) is 63.9 Å². The van der Waals surface area contributed by atoms with Crippen molar-refractivity contribution in [2.75, 3.05) is 14.2 Å². The molecule has 1 aliphatic heterocycles. The summed E-state index contributed by atoms with van der Waals surface area (Å²) in [5, 5.41) is 22.2. The number of phenols is 2. The number of benzene rings is 2. The lowest BCUT2D eigenvalue weighted by Crippen LogP contribution is -1.96. The maximum absolute atomic E-state index is 10.6. The number of para-hydroxylation sites is 1. The standard InChI is InChI=1S/C17H15NO4/c1-21-16-14(19)10-8-18-11-6-4-3-5-9(11)7-12(18)13(10)15(20)17(16)22-2/h3-7,19-20H,8H2,1-2H3. The van der Waals surface area contributed by atoms with E-state index in [0.29, 0.717) is 17.7 Å². The van der Waals surface area contributed by atoms with E-state index in [2.05, 4.69) is 4.57 Å². The van der Waals surface area contributed by atoms with Crippen LogP contribution in [0, 0.1) is 0 Å². The summed E-state index contributed by atoms with van der Waals surface area (Å²) < 4.78 is 12.5. The first kappa shape index (κ1) is 12.9. The second kappa shape index (κ2) is 4.34. The summed E-state index contributed by atoms with van der Waals surface area (Å²) in [6.07, 6.45) is 0. The summed E-state index contributed by atoms with van der Waals surface area (Å²) >= 11 is 0. The van der Waals surface area contributed by atoms with Crippen LogP contribution in [0.15, 0.2) is 30.3 Å². The summed E-state index contributed by atoms with van der Waals surface area (Å²) in [4.78, 5) is 0. The molecule has 2 N–H and O–H groups in total. The van der Waals surface area contributed by atoms with Crippen LogP contribution in [-0.2, 0) is 6.54 Å². The van der Waals surface area contributed by atoms with Crippen LogP contribution in [-0.4, -0.2) is 29.0 Å². The number of rotatable bonds is 2. The van der Waals surface area contributed by atoms with Crippen LogP contribution >= 0.6 is 0 Å². The van der Waals surface area contributed by atoms with Crippen LogP contribution in [0.5, 0.6) is 23.0 Å². The molecule has 5 nitrogen and oxygen atoms in total. The first-order valence-corrected chi connectivity index (χ1v) is 6.94. The zero-order valence-electron chi connectivity index (χ0n) is 12.3. The number of hydrogen-bond donors (Lipinski definition) is 2. The lowest BCUT2D eigenvalue weighted by atomic mass is 10.0. The van der Waals surface area contributed by atoms with Crippen LogP contribution in [0.25, 0.3) is 22.2 Å². The average Bonchev–Trinajstić information content (AvgIpc) is 3.06. The summed E-state index contributed by atoms with van der Waals surface area (Å²) in [6, 6.07) is 10.0. The van der Waals surface area contributed by atoms with Crippen molar-refractivity contribution in [2.45, 2.75) is 6.54 Å². The fourth-order valence-corrected chi connectivity index (χ4v) is 3.28. The third-order valence-corrected chi connectivity index (χ3v) is 4.25. The van der Waals surface area contributed by atoms with Gasteiger partial charge in [0.25, 0.3) is 0 Å². The molecule has 0 bridgehead atoms. The smallest absolute Gasteiger partial charge is 0.207 e. The maximum atomic E-state index is 10.6. The van der Waals surface area contributed by atoms with Crippen molar-refractivity contribution in [3.63, 3.8) is 0 Å². The van der Waals surface area contributed by atoms with Crippen LogP contribution < -0.4 is 9.47 Å². The molecule has 0 amide bonds. The Hall–Kier alpha value is -2.82. The number of aromatic nitrogens is 1. The molecule has 0 aliphatic carbocycles. The van der Waals surface area contributed by atoms with Crippen LogP contribution in [0.1, 0.15) is 5.56 Å². The van der Waals surface area contributed by atoms with E-state index in [9.17, 15) is 10.2 Å². The second-order valence-electron chi connectivity index (χ2n) is 5.29. The van der Waals surface area contributed by atoms with E-state index in [1.54, 1.807) is 0 Å². The second-order valence-corrected chi connectivity index (χ2v) is 5.29. The molecule has 0 saturated heterocycles. The molecular formula is C17H15NO4. The minimum atomic E-state index is -0.00583.